The van der Waals surface area contributed by atoms with Crippen LogP contribution in [0.3, 0.4) is 0 Å². The van der Waals surface area contributed by atoms with Crippen molar-refractivity contribution in [1.29, 1.82) is 0 Å². The molecule has 250 valence electrons. The first-order valence-electron chi connectivity index (χ1n) is 16.7. The van der Waals surface area contributed by atoms with Gasteiger partial charge in [0.15, 0.2) is 5.69 Å². The van der Waals surface area contributed by atoms with Crippen molar-refractivity contribution in [3.05, 3.63) is 23.9 Å². The Bertz CT molecular complexity index is 1490. The van der Waals surface area contributed by atoms with E-state index in [1.807, 2.05) is 27.7 Å². The predicted molar refractivity (Wildman–Crippen MR) is 165 cm³/mol. The first-order chi connectivity index (χ1) is 21.8. The van der Waals surface area contributed by atoms with Crippen LogP contribution in [0.25, 0.3) is 11.0 Å². The van der Waals surface area contributed by atoms with Crippen molar-refractivity contribution >= 4 is 29.2 Å². The summed E-state index contributed by atoms with van der Waals surface area (Å²) in [6, 6.07) is 4.00. The van der Waals surface area contributed by atoms with Gasteiger partial charge < -0.3 is 23.9 Å². The van der Waals surface area contributed by atoms with Crippen LogP contribution in [0.1, 0.15) is 84.8 Å². The number of alkyl halides is 2. The lowest BCUT2D eigenvalue weighted by molar-refractivity contribution is -0.158. The molecule has 3 heterocycles. The van der Waals surface area contributed by atoms with Crippen LogP contribution in [-0.2, 0) is 25.0 Å². The molecular weight excluding hydrogens is 596 g/mol. The summed E-state index contributed by atoms with van der Waals surface area (Å²) in [6.45, 7) is 7.54. The number of halogens is 2. The number of esters is 1. The highest BCUT2D eigenvalue weighted by molar-refractivity contribution is 5.87. The smallest absolute Gasteiger partial charge is 0.306 e. The number of rotatable bonds is 3. The molecule has 2 aromatic rings. The van der Waals surface area contributed by atoms with Gasteiger partial charge >= 0.3 is 5.97 Å². The molecule has 9 nitrogen and oxygen atoms in total. The van der Waals surface area contributed by atoms with Crippen molar-refractivity contribution in [3.63, 3.8) is 0 Å². The van der Waals surface area contributed by atoms with Crippen LogP contribution >= 0.6 is 0 Å². The van der Waals surface area contributed by atoms with Gasteiger partial charge in [-0.25, -0.2) is 9.97 Å². The summed E-state index contributed by atoms with van der Waals surface area (Å²) in [7, 11) is 1.50. The van der Waals surface area contributed by atoms with E-state index in [-0.39, 0.29) is 48.7 Å². The number of aldehydes is 1. The summed E-state index contributed by atoms with van der Waals surface area (Å²) >= 11 is 0. The summed E-state index contributed by atoms with van der Waals surface area (Å²) in [5.74, 6) is -4.07. The average molecular weight is 642 g/mol. The molecule has 4 aliphatic rings. The Hall–Kier alpha value is -3.37. The first kappa shape index (κ1) is 32.6. The maximum atomic E-state index is 16.1. The molecule has 6 rings (SSSR count). The van der Waals surface area contributed by atoms with Crippen molar-refractivity contribution in [2.24, 2.45) is 35.0 Å². The fourth-order valence-corrected chi connectivity index (χ4v) is 8.10. The molecule has 1 aromatic heterocycles. The van der Waals surface area contributed by atoms with Crippen LogP contribution in [0.5, 0.6) is 11.6 Å². The summed E-state index contributed by atoms with van der Waals surface area (Å²) in [6.07, 6.45) is 2.94. The van der Waals surface area contributed by atoms with Gasteiger partial charge in [0.25, 0.3) is 5.92 Å². The van der Waals surface area contributed by atoms with E-state index in [9.17, 15) is 14.4 Å². The molecule has 0 spiro atoms. The van der Waals surface area contributed by atoms with Crippen molar-refractivity contribution in [2.75, 3.05) is 13.7 Å². The number of hydrogen-bond donors (Lipinski definition) is 0. The third-order valence-corrected chi connectivity index (χ3v) is 10.8. The third-order valence-electron chi connectivity index (χ3n) is 10.8. The fourth-order valence-electron chi connectivity index (χ4n) is 8.10. The van der Waals surface area contributed by atoms with Gasteiger partial charge in [-0.15, -0.1) is 0 Å². The number of ether oxygens (including phenoxy) is 3. The number of benzene rings is 1. The van der Waals surface area contributed by atoms with Crippen LogP contribution in [-0.4, -0.2) is 64.9 Å². The van der Waals surface area contributed by atoms with Gasteiger partial charge in [0, 0.05) is 18.4 Å². The highest BCUT2D eigenvalue weighted by Gasteiger charge is 2.55. The average Bonchev–Trinajstić information content (AvgIpc) is 3.55. The van der Waals surface area contributed by atoms with E-state index in [1.54, 1.807) is 18.2 Å². The molecule has 8 atom stereocenters. The van der Waals surface area contributed by atoms with Gasteiger partial charge in [-0.1, -0.05) is 34.1 Å². The lowest BCUT2D eigenvalue weighted by Gasteiger charge is -2.34. The minimum absolute atomic E-state index is 0.0146. The van der Waals surface area contributed by atoms with E-state index in [0.29, 0.717) is 42.4 Å². The van der Waals surface area contributed by atoms with E-state index >= 15 is 8.78 Å². The molecular formula is C35H45F2N3O6. The lowest BCUT2D eigenvalue weighted by Crippen LogP contribution is -2.46. The molecule has 2 saturated carbocycles. The molecule has 1 aromatic carbocycles. The second-order valence-electron chi connectivity index (χ2n) is 14.7. The Morgan fingerprint density at radius 1 is 1.07 bits per heavy atom. The van der Waals surface area contributed by atoms with Gasteiger partial charge in [0.05, 0.1) is 43.1 Å². The van der Waals surface area contributed by atoms with Gasteiger partial charge in [-0.2, -0.15) is 8.78 Å². The minimum atomic E-state index is -3.34. The quantitative estimate of drug-likeness (QED) is 0.292. The standard InChI is InChI=1S/C35H45F2N3O6/c1-6-21-27(18-41)40-17-29(21)46-32-31(38-25-11-10-20(44-5)15-26(25)39-32)35(36,37)12-8-7-9-22-23-13-19(23)14-28(22)45-30(42)16-24(33(40)43)34(2,3)4/h10-11,15,18-19,21-24,27-29H,6-9,12-14,16-17H2,1-5H3/t19?,21-,22+,23?,24+,27+,28+,29-/m0/s1. The molecule has 2 aliphatic heterocycles. The molecule has 0 N–H and O–H groups in total. The topological polar surface area (TPSA) is 108 Å². The molecule has 0 radical (unpaired) electrons. The number of nitrogens with zero attached hydrogens (tertiary/aromatic N) is 3. The SMILES string of the molecule is CC[C@@H]1[C@@H]2CN(C(=O)[C@H](C(C)(C)C)CC(=O)O[C@@H]3CC4CC4[C@H]3CCCCC(F)(F)c3nc4ccc(OC)cc4nc3O2)[C@@H]1C=O. The molecule has 3 fully saturated rings. The van der Waals surface area contributed by atoms with Gasteiger partial charge in [0.1, 0.15) is 24.2 Å². The van der Waals surface area contributed by atoms with Crippen molar-refractivity contribution < 1.29 is 37.4 Å². The van der Waals surface area contributed by atoms with Crippen molar-refractivity contribution in [3.8, 4) is 11.6 Å². The molecule has 1 amide bonds. The maximum Gasteiger partial charge on any atom is 0.306 e. The van der Waals surface area contributed by atoms with Crippen LogP contribution < -0.4 is 9.47 Å². The Balaban J connectivity index is 1.41. The van der Waals surface area contributed by atoms with E-state index in [0.717, 1.165) is 19.1 Å². The number of aromatic nitrogens is 2. The number of amides is 1. The molecule has 2 unspecified atom stereocenters. The second-order valence-corrected chi connectivity index (χ2v) is 14.7. The number of carbonyl (C=O) groups is 3. The van der Waals surface area contributed by atoms with Crippen molar-refractivity contribution in [2.45, 2.75) is 103 Å². The number of carbonyl (C=O) groups excluding carboxylic acids is 3. The van der Waals surface area contributed by atoms with Gasteiger partial charge in [-0.05, 0) is 67.4 Å². The lowest BCUT2D eigenvalue weighted by atomic mass is 9.77. The Kier molecular flexibility index (Phi) is 8.74. The fraction of sp³-hybridized carbons (Fsp3) is 0.686. The molecule has 1 saturated heterocycles. The summed E-state index contributed by atoms with van der Waals surface area (Å²) in [5.41, 5.74) is -0.537. The summed E-state index contributed by atoms with van der Waals surface area (Å²) in [4.78, 5) is 50.5. The van der Waals surface area contributed by atoms with Crippen molar-refractivity contribution in [1.82, 2.24) is 14.9 Å². The monoisotopic (exact) mass is 641 g/mol. The van der Waals surface area contributed by atoms with E-state index in [4.69, 9.17) is 14.2 Å². The highest BCUT2D eigenvalue weighted by Crippen LogP contribution is 2.58. The molecule has 46 heavy (non-hydrogen) atoms. The Morgan fingerprint density at radius 3 is 2.54 bits per heavy atom. The predicted octanol–water partition coefficient (Wildman–Crippen LogP) is 6.11. The van der Waals surface area contributed by atoms with Crippen LogP contribution in [0.15, 0.2) is 18.2 Å². The van der Waals surface area contributed by atoms with E-state index in [1.165, 1.54) is 12.0 Å². The second kappa shape index (κ2) is 12.3. The summed E-state index contributed by atoms with van der Waals surface area (Å²) in [5, 5.41) is 0. The van der Waals surface area contributed by atoms with Crippen LogP contribution in [0.2, 0.25) is 0 Å². The van der Waals surface area contributed by atoms with Crippen LogP contribution in [0.4, 0.5) is 8.78 Å². The Morgan fingerprint density at radius 2 is 1.85 bits per heavy atom. The maximum absolute atomic E-state index is 16.1. The van der Waals surface area contributed by atoms with E-state index < -0.39 is 53.4 Å². The zero-order valence-electron chi connectivity index (χ0n) is 27.3. The zero-order chi connectivity index (χ0) is 33.0. The highest BCUT2D eigenvalue weighted by atomic mass is 19.3. The largest absolute Gasteiger partial charge is 0.497 e. The van der Waals surface area contributed by atoms with Crippen LogP contribution in [0, 0.1) is 35.0 Å². The molecule has 2 bridgehead atoms. The minimum Gasteiger partial charge on any atom is -0.497 e. The number of fused-ring (bicyclic) bond motifs is 7. The first-order valence-corrected chi connectivity index (χ1v) is 16.7. The number of methoxy groups -OCH3 is 1. The van der Waals surface area contributed by atoms with E-state index in [2.05, 4.69) is 9.97 Å². The number of hydrogen-bond acceptors (Lipinski definition) is 8. The van der Waals surface area contributed by atoms with Gasteiger partial charge in [0.2, 0.25) is 11.8 Å². The Labute approximate surface area is 268 Å². The molecule has 11 heteroatoms. The van der Waals surface area contributed by atoms with Gasteiger partial charge in [-0.3, -0.25) is 9.59 Å². The molecule has 2 aliphatic carbocycles. The normalized spacial score (nSPS) is 33.2. The third kappa shape index (κ3) is 6.18. The summed E-state index contributed by atoms with van der Waals surface area (Å²) < 4.78 is 49.9. The zero-order valence-corrected chi connectivity index (χ0v) is 27.3.